The van der Waals surface area contributed by atoms with Crippen LogP contribution in [0.2, 0.25) is 0 Å². The van der Waals surface area contributed by atoms with Crippen molar-refractivity contribution in [3.63, 3.8) is 0 Å². The molecule has 0 bridgehead atoms. The second kappa shape index (κ2) is 5.14. The minimum Gasteiger partial charge on any atom is -0.464 e. The number of rotatable bonds is 3. The number of benzene rings is 1. The van der Waals surface area contributed by atoms with Gasteiger partial charge in [-0.3, -0.25) is 0 Å². The van der Waals surface area contributed by atoms with E-state index in [1.54, 1.807) is 18.2 Å². The van der Waals surface area contributed by atoms with E-state index in [-0.39, 0.29) is 15.1 Å². The summed E-state index contributed by atoms with van der Waals surface area (Å²) in [5.74, 6) is -0.788. The topological polar surface area (TPSA) is 78.3 Å². The molecule has 0 aliphatic carbocycles. The molecule has 0 N–H and O–H groups in total. The van der Waals surface area contributed by atoms with Crippen LogP contribution in [0.4, 0.5) is 0 Å². The lowest BCUT2D eigenvalue weighted by atomic mass is 10.4. The van der Waals surface area contributed by atoms with Gasteiger partial charge in [0.2, 0.25) is 0 Å². The molecule has 0 atom stereocenters. The Bertz CT molecular complexity index is 710. The number of carbonyl (C=O) groups is 1. The first-order valence-electron chi connectivity index (χ1n) is 5.11. The van der Waals surface area contributed by atoms with E-state index in [0.717, 1.165) is 0 Å². The van der Waals surface area contributed by atoms with Gasteiger partial charge in [-0.2, -0.15) is 13.5 Å². The van der Waals surface area contributed by atoms with Gasteiger partial charge >= 0.3 is 5.97 Å². The number of methoxy groups -OCH3 is 1. The Hall–Kier alpha value is -1.67. The highest BCUT2D eigenvalue weighted by atomic mass is 79.9. The lowest BCUT2D eigenvalue weighted by Gasteiger charge is -2.07. The average Bonchev–Trinajstić information content (AvgIpc) is 2.81. The number of ether oxygens (including phenoxy) is 1. The van der Waals surface area contributed by atoms with Crippen LogP contribution in [-0.2, 0) is 14.8 Å². The summed E-state index contributed by atoms with van der Waals surface area (Å²) >= 11 is 3.07. The summed E-state index contributed by atoms with van der Waals surface area (Å²) in [4.78, 5) is 11.7. The van der Waals surface area contributed by atoms with Crippen molar-refractivity contribution in [3.05, 3.63) is 46.7 Å². The van der Waals surface area contributed by atoms with E-state index in [1.807, 2.05) is 0 Å². The van der Waals surface area contributed by atoms with Crippen LogP contribution in [0.15, 0.2) is 45.9 Å². The summed E-state index contributed by atoms with van der Waals surface area (Å²) in [7, 11) is -2.76. The number of hydrogen-bond donors (Lipinski definition) is 0. The predicted molar refractivity (Wildman–Crippen MR) is 70.3 cm³/mol. The number of aromatic nitrogens is 2. The van der Waals surface area contributed by atoms with E-state index >= 15 is 0 Å². The summed E-state index contributed by atoms with van der Waals surface area (Å²) in [6.07, 6.45) is 1.23. The number of halogens is 1. The van der Waals surface area contributed by atoms with Gasteiger partial charge in [0.15, 0.2) is 5.69 Å². The maximum Gasteiger partial charge on any atom is 0.358 e. The molecule has 0 spiro atoms. The highest BCUT2D eigenvalue weighted by Gasteiger charge is 2.27. The maximum absolute atomic E-state index is 12.4. The van der Waals surface area contributed by atoms with Gasteiger partial charge < -0.3 is 4.74 Å². The highest BCUT2D eigenvalue weighted by Crippen LogP contribution is 2.22. The summed E-state index contributed by atoms with van der Waals surface area (Å²) in [5, 5.41) is 3.71. The summed E-state index contributed by atoms with van der Waals surface area (Å²) < 4.78 is 30.2. The Balaban J connectivity index is 2.63. The van der Waals surface area contributed by atoms with Crippen molar-refractivity contribution in [1.29, 1.82) is 0 Å². The maximum atomic E-state index is 12.4. The van der Waals surface area contributed by atoms with Crippen molar-refractivity contribution >= 4 is 31.9 Å². The van der Waals surface area contributed by atoms with Gasteiger partial charge in [-0.1, -0.05) is 18.2 Å². The molecular formula is C11H9BrN2O4S. The molecule has 0 aliphatic rings. The molecule has 1 aromatic carbocycles. The Morgan fingerprint density at radius 1 is 1.32 bits per heavy atom. The first-order chi connectivity index (χ1) is 8.98. The van der Waals surface area contributed by atoms with Crippen molar-refractivity contribution < 1.29 is 17.9 Å². The summed E-state index contributed by atoms with van der Waals surface area (Å²) in [6.45, 7) is 0. The van der Waals surface area contributed by atoms with Crippen LogP contribution < -0.4 is 0 Å². The fourth-order valence-corrected chi connectivity index (χ4v) is 3.28. The monoisotopic (exact) mass is 344 g/mol. The van der Waals surface area contributed by atoms with E-state index in [4.69, 9.17) is 0 Å². The quantitative estimate of drug-likeness (QED) is 0.791. The minimum absolute atomic E-state index is 0.0377. The van der Waals surface area contributed by atoms with Crippen LogP contribution in [0.25, 0.3) is 0 Å². The third-order valence-corrected chi connectivity index (χ3v) is 4.52. The smallest absolute Gasteiger partial charge is 0.358 e. The van der Waals surface area contributed by atoms with E-state index in [0.29, 0.717) is 4.09 Å². The molecule has 19 heavy (non-hydrogen) atoms. The predicted octanol–water partition coefficient (Wildman–Crippen LogP) is 1.67. The van der Waals surface area contributed by atoms with Gasteiger partial charge in [0.25, 0.3) is 10.0 Å². The largest absolute Gasteiger partial charge is 0.464 e. The Kier molecular flexibility index (Phi) is 3.72. The molecule has 1 heterocycles. The fraction of sp³-hybridized carbons (Fsp3) is 0.0909. The second-order valence-electron chi connectivity index (χ2n) is 3.49. The second-order valence-corrected chi connectivity index (χ2v) is 6.12. The van der Waals surface area contributed by atoms with E-state index in [2.05, 4.69) is 25.8 Å². The SMILES string of the molecule is COC(=O)c1c(Br)cnn1S(=O)(=O)c1ccccc1. The molecule has 0 radical (unpaired) electrons. The molecule has 0 saturated heterocycles. The van der Waals surface area contributed by atoms with E-state index < -0.39 is 16.0 Å². The van der Waals surface area contributed by atoms with Crippen LogP contribution in [0.5, 0.6) is 0 Å². The van der Waals surface area contributed by atoms with Gasteiger partial charge in [-0.05, 0) is 28.1 Å². The molecule has 0 amide bonds. The Morgan fingerprint density at radius 3 is 2.53 bits per heavy atom. The average molecular weight is 345 g/mol. The van der Waals surface area contributed by atoms with Gasteiger partial charge in [-0.15, -0.1) is 4.09 Å². The van der Waals surface area contributed by atoms with Crippen molar-refractivity contribution in [3.8, 4) is 0 Å². The molecule has 8 heteroatoms. The molecule has 100 valence electrons. The molecule has 0 aliphatic heterocycles. The van der Waals surface area contributed by atoms with Crippen LogP contribution in [0, 0.1) is 0 Å². The zero-order valence-corrected chi connectivity index (χ0v) is 12.2. The number of nitrogens with zero attached hydrogens (tertiary/aromatic N) is 2. The van der Waals surface area contributed by atoms with Crippen molar-refractivity contribution in [2.45, 2.75) is 4.90 Å². The van der Waals surface area contributed by atoms with E-state index in [1.165, 1.54) is 25.4 Å². The molecule has 2 aromatic rings. The van der Waals surface area contributed by atoms with E-state index in [9.17, 15) is 13.2 Å². The van der Waals surface area contributed by atoms with Crippen LogP contribution in [0.1, 0.15) is 10.5 Å². The van der Waals surface area contributed by atoms with Gasteiger partial charge in [0.05, 0.1) is 22.7 Å². The summed E-state index contributed by atoms with van der Waals surface area (Å²) in [5.41, 5.74) is -0.175. The minimum atomic E-state index is -3.93. The molecule has 0 fully saturated rings. The molecule has 2 rings (SSSR count). The number of esters is 1. The first kappa shape index (κ1) is 13.8. The molecule has 0 unspecified atom stereocenters. The molecule has 0 saturated carbocycles. The van der Waals surface area contributed by atoms with Crippen molar-refractivity contribution in [2.24, 2.45) is 0 Å². The summed E-state index contributed by atoms with van der Waals surface area (Å²) in [6, 6.07) is 7.71. The Labute approximate surface area is 118 Å². The first-order valence-corrected chi connectivity index (χ1v) is 7.34. The lowest BCUT2D eigenvalue weighted by molar-refractivity contribution is 0.0590. The zero-order valence-electron chi connectivity index (χ0n) is 9.78. The van der Waals surface area contributed by atoms with Crippen molar-refractivity contribution in [2.75, 3.05) is 7.11 Å². The fourth-order valence-electron chi connectivity index (χ4n) is 1.46. The van der Waals surface area contributed by atoms with Crippen LogP contribution in [-0.4, -0.2) is 30.7 Å². The van der Waals surface area contributed by atoms with Gasteiger partial charge in [0, 0.05) is 0 Å². The van der Waals surface area contributed by atoms with Gasteiger partial charge in [-0.25, -0.2) is 4.79 Å². The Morgan fingerprint density at radius 2 is 1.95 bits per heavy atom. The van der Waals surface area contributed by atoms with Crippen molar-refractivity contribution in [1.82, 2.24) is 9.19 Å². The molecule has 1 aromatic heterocycles. The lowest BCUT2D eigenvalue weighted by Crippen LogP contribution is -2.20. The third-order valence-electron chi connectivity index (χ3n) is 2.34. The van der Waals surface area contributed by atoms with Crippen LogP contribution >= 0.6 is 15.9 Å². The van der Waals surface area contributed by atoms with Crippen LogP contribution in [0.3, 0.4) is 0 Å². The zero-order chi connectivity index (χ0) is 14.0. The third kappa shape index (κ3) is 2.41. The van der Waals surface area contributed by atoms with Gasteiger partial charge in [0.1, 0.15) is 0 Å². The highest BCUT2D eigenvalue weighted by molar-refractivity contribution is 9.10. The standard InChI is InChI=1S/C11H9BrN2O4S/c1-18-11(15)10-9(12)7-13-14(10)19(16,17)8-5-3-2-4-6-8/h2-7H,1H3. The molecule has 6 nitrogen and oxygen atoms in total. The normalized spacial score (nSPS) is 11.3. The number of carbonyl (C=O) groups excluding carboxylic acids is 1. The number of hydrogen-bond acceptors (Lipinski definition) is 5. The molecular weight excluding hydrogens is 336 g/mol.